The van der Waals surface area contributed by atoms with Crippen LogP contribution in [0.15, 0.2) is 11.4 Å². The molecule has 0 aromatic carbocycles. The Bertz CT molecular complexity index is 230. The van der Waals surface area contributed by atoms with Crippen LogP contribution in [0.25, 0.3) is 0 Å². The molecule has 0 bridgehead atoms. The van der Waals surface area contributed by atoms with Crippen LogP contribution in [0.3, 0.4) is 0 Å². The Morgan fingerprint density at radius 1 is 1.55 bits per heavy atom. The lowest BCUT2D eigenvalue weighted by Crippen LogP contribution is -1.92. The first-order valence-corrected chi connectivity index (χ1v) is 4.43. The minimum Gasteiger partial charge on any atom is -0.397 e. The predicted octanol–water partition coefficient (Wildman–Crippen LogP) is 2.56. The van der Waals surface area contributed by atoms with E-state index in [0.29, 0.717) is 10.6 Å². The Morgan fingerprint density at radius 2 is 2.09 bits per heavy atom. The maximum atomic E-state index is 10.7. The van der Waals surface area contributed by atoms with Crippen molar-refractivity contribution in [3.63, 3.8) is 0 Å². The van der Waals surface area contributed by atoms with Crippen molar-refractivity contribution < 1.29 is 4.79 Å². The molecular weight excluding hydrogens is 158 g/mol. The van der Waals surface area contributed by atoms with E-state index in [2.05, 4.69) is 0 Å². The van der Waals surface area contributed by atoms with Crippen LogP contribution in [0.4, 0.5) is 5.69 Å². The van der Waals surface area contributed by atoms with Crippen molar-refractivity contribution in [1.82, 2.24) is 0 Å². The van der Waals surface area contributed by atoms with Gasteiger partial charge in [0.15, 0.2) is 5.78 Å². The van der Waals surface area contributed by atoms with Crippen molar-refractivity contribution >= 4 is 22.8 Å². The predicted molar refractivity (Wildman–Crippen MR) is 50.1 cm³/mol. The maximum absolute atomic E-state index is 10.7. The summed E-state index contributed by atoms with van der Waals surface area (Å²) in [6.45, 7) is 5.52. The third-order valence-corrected chi connectivity index (χ3v) is 2.05. The van der Waals surface area contributed by atoms with Crippen molar-refractivity contribution in [2.24, 2.45) is 0 Å². The number of carbonyl (C=O) groups excluding carboxylic acids is 1. The van der Waals surface area contributed by atoms with Gasteiger partial charge in [-0.2, -0.15) is 0 Å². The molecule has 0 saturated carbocycles. The number of anilines is 1. The molecule has 1 rings (SSSR count). The van der Waals surface area contributed by atoms with Crippen molar-refractivity contribution in [2.75, 3.05) is 5.73 Å². The molecule has 0 unspecified atom stereocenters. The highest BCUT2D eigenvalue weighted by molar-refractivity contribution is 7.12. The molecule has 0 aliphatic carbocycles. The van der Waals surface area contributed by atoms with E-state index in [1.807, 2.05) is 19.2 Å². The molecule has 0 spiro atoms. The van der Waals surface area contributed by atoms with Crippen LogP contribution < -0.4 is 5.73 Å². The molecule has 2 N–H and O–H groups in total. The zero-order chi connectivity index (χ0) is 8.85. The van der Waals surface area contributed by atoms with E-state index >= 15 is 0 Å². The fourth-order valence-corrected chi connectivity index (χ4v) is 1.33. The Hall–Kier alpha value is -0.830. The normalized spacial score (nSPS) is 8.27. The van der Waals surface area contributed by atoms with Gasteiger partial charge in [0.05, 0.1) is 10.6 Å². The van der Waals surface area contributed by atoms with Gasteiger partial charge in [-0.15, -0.1) is 11.3 Å². The summed E-state index contributed by atoms with van der Waals surface area (Å²) >= 11 is 1.38. The summed E-state index contributed by atoms with van der Waals surface area (Å²) in [6, 6.07) is 1.74. The minimum atomic E-state index is 0.0440. The Kier molecular flexibility index (Phi) is 4.54. The molecule has 1 aromatic heterocycles. The molecule has 2 nitrogen and oxygen atoms in total. The summed E-state index contributed by atoms with van der Waals surface area (Å²) in [6.07, 6.45) is 0. The fourth-order valence-electron chi connectivity index (χ4n) is 0.605. The summed E-state index contributed by atoms with van der Waals surface area (Å²) in [5.74, 6) is 0.0440. The molecule has 0 aliphatic heterocycles. The second-order valence-corrected chi connectivity index (χ2v) is 2.68. The minimum absolute atomic E-state index is 0.0440. The largest absolute Gasteiger partial charge is 0.397 e. The molecule has 1 heterocycles. The first-order chi connectivity index (χ1) is 5.22. The lowest BCUT2D eigenvalue weighted by molar-refractivity contribution is 0.102. The number of carbonyl (C=O) groups is 1. The lowest BCUT2D eigenvalue weighted by Gasteiger charge is -1.87. The van der Waals surface area contributed by atoms with Crippen molar-refractivity contribution in [1.29, 1.82) is 0 Å². The van der Waals surface area contributed by atoms with Gasteiger partial charge < -0.3 is 5.73 Å². The van der Waals surface area contributed by atoms with Crippen LogP contribution in [-0.2, 0) is 0 Å². The van der Waals surface area contributed by atoms with Gasteiger partial charge in [-0.05, 0) is 11.4 Å². The number of ketones is 1. The zero-order valence-corrected chi connectivity index (χ0v) is 7.87. The molecule has 3 heteroatoms. The van der Waals surface area contributed by atoms with Crippen LogP contribution in [0.1, 0.15) is 30.4 Å². The second kappa shape index (κ2) is 4.91. The second-order valence-electron chi connectivity index (χ2n) is 1.76. The highest BCUT2D eigenvalue weighted by Gasteiger charge is 2.03. The molecule has 0 aliphatic rings. The van der Waals surface area contributed by atoms with Crippen LogP contribution in [0.2, 0.25) is 0 Å². The first kappa shape index (κ1) is 10.2. The molecule has 1 aromatic rings. The highest BCUT2D eigenvalue weighted by atomic mass is 32.1. The van der Waals surface area contributed by atoms with Gasteiger partial charge in [0.2, 0.25) is 0 Å². The lowest BCUT2D eigenvalue weighted by atomic mass is 10.3. The Labute approximate surface area is 71.0 Å². The van der Waals surface area contributed by atoms with Crippen LogP contribution in [-0.4, -0.2) is 5.78 Å². The van der Waals surface area contributed by atoms with Crippen molar-refractivity contribution in [3.05, 3.63) is 16.3 Å². The topological polar surface area (TPSA) is 43.1 Å². The SMILES string of the molecule is CC.CC(=O)c1sccc1N. The van der Waals surface area contributed by atoms with E-state index in [9.17, 15) is 4.79 Å². The fraction of sp³-hybridized carbons (Fsp3) is 0.375. The monoisotopic (exact) mass is 171 g/mol. The first-order valence-electron chi connectivity index (χ1n) is 3.55. The van der Waals surface area contributed by atoms with E-state index in [0.717, 1.165) is 0 Å². The van der Waals surface area contributed by atoms with E-state index < -0.39 is 0 Å². The molecule has 0 atom stereocenters. The molecule has 0 saturated heterocycles. The number of thiophene rings is 1. The summed E-state index contributed by atoms with van der Waals surface area (Å²) in [4.78, 5) is 11.3. The Balaban J connectivity index is 0.000000461. The quantitative estimate of drug-likeness (QED) is 0.660. The number of nitrogen functional groups attached to an aromatic ring is 1. The molecule has 0 radical (unpaired) electrons. The molecule has 11 heavy (non-hydrogen) atoms. The van der Waals surface area contributed by atoms with E-state index in [4.69, 9.17) is 5.73 Å². The van der Waals surface area contributed by atoms with Gasteiger partial charge in [0, 0.05) is 6.92 Å². The van der Waals surface area contributed by atoms with E-state index in [1.54, 1.807) is 6.07 Å². The smallest absolute Gasteiger partial charge is 0.171 e. The number of Topliss-reactive ketones (excluding diaryl/α,β-unsaturated/α-hetero) is 1. The number of hydrogen-bond donors (Lipinski definition) is 1. The summed E-state index contributed by atoms with van der Waals surface area (Å²) in [7, 11) is 0. The van der Waals surface area contributed by atoms with E-state index in [-0.39, 0.29) is 5.78 Å². The average molecular weight is 171 g/mol. The van der Waals surface area contributed by atoms with Gasteiger partial charge in [0.1, 0.15) is 0 Å². The van der Waals surface area contributed by atoms with E-state index in [1.165, 1.54) is 18.3 Å². The van der Waals surface area contributed by atoms with Crippen LogP contribution in [0.5, 0.6) is 0 Å². The molecule has 0 fully saturated rings. The summed E-state index contributed by atoms with van der Waals surface area (Å²) < 4.78 is 0. The van der Waals surface area contributed by atoms with Gasteiger partial charge in [-0.25, -0.2) is 0 Å². The standard InChI is InChI=1S/C6H7NOS.C2H6/c1-4(8)6-5(7)2-3-9-6;1-2/h2-3H,7H2,1H3;1-2H3. The zero-order valence-electron chi connectivity index (χ0n) is 7.05. The van der Waals surface area contributed by atoms with Crippen molar-refractivity contribution in [2.45, 2.75) is 20.8 Å². The van der Waals surface area contributed by atoms with Gasteiger partial charge in [-0.1, -0.05) is 13.8 Å². The maximum Gasteiger partial charge on any atom is 0.171 e. The van der Waals surface area contributed by atoms with Crippen LogP contribution >= 0.6 is 11.3 Å². The summed E-state index contributed by atoms with van der Waals surface area (Å²) in [5, 5.41) is 1.81. The van der Waals surface area contributed by atoms with Crippen molar-refractivity contribution in [3.8, 4) is 0 Å². The van der Waals surface area contributed by atoms with Gasteiger partial charge >= 0.3 is 0 Å². The number of nitrogens with two attached hydrogens (primary N) is 1. The summed E-state index contributed by atoms with van der Waals surface area (Å²) in [5.41, 5.74) is 6.02. The number of rotatable bonds is 1. The molecule has 62 valence electrons. The average Bonchev–Trinajstić information content (AvgIpc) is 2.39. The molecular formula is C8H13NOS. The van der Waals surface area contributed by atoms with Crippen LogP contribution in [0, 0.1) is 0 Å². The highest BCUT2D eigenvalue weighted by Crippen LogP contribution is 2.18. The Morgan fingerprint density at radius 3 is 2.27 bits per heavy atom. The third-order valence-electron chi connectivity index (χ3n) is 1.02. The van der Waals surface area contributed by atoms with Gasteiger partial charge in [0.25, 0.3) is 0 Å². The third kappa shape index (κ3) is 2.72. The van der Waals surface area contributed by atoms with Gasteiger partial charge in [-0.3, -0.25) is 4.79 Å². The molecule has 0 amide bonds. The number of hydrogen-bond acceptors (Lipinski definition) is 3.